The van der Waals surface area contributed by atoms with Gasteiger partial charge in [0.05, 0.1) is 12.0 Å². The average Bonchev–Trinajstić information content (AvgIpc) is 2.98. The number of ether oxygens (including phenoxy) is 1. The van der Waals surface area contributed by atoms with E-state index >= 15 is 0 Å². The van der Waals surface area contributed by atoms with Crippen molar-refractivity contribution in [1.82, 2.24) is 5.32 Å². The average molecular weight is 302 g/mol. The third-order valence-electron chi connectivity index (χ3n) is 5.40. The van der Waals surface area contributed by atoms with Gasteiger partial charge in [-0.25, -0.2) is 4.79 Å². The zero-order valence-electron chi connectivity index (χ0n) is 11.5. The molecule has 0 aromatic rings. The van der Waals surface area contributed by atoms with Crippen molar-refractivity contribution >= 4 is 23.5 Å². The Balaban J connectivity index is 1.93. The molecule has 2 saturated heterocycles. The van der Waals surface area contributed by atoms with Crippen molar-refractivity contribution in [3.63, 3.8) is 0 Å². The minimum absolute atomic E-state index is 0.0530. The first-order valence-electron chi connectivity index (χ1n) is 7.27. The highest BCUT2D eigenvalue weighted by atomic mass is 35.5. The number of halogens is 1. The lowest BCUT2D eigenvalue weighted by Crippen LogP contribution is -2.80. The molecule has 5 nitrogen and oxygen atoms in total. The van der Waals surface area contributed by atoms with Gasteiger partial charge < -0.3 is 15.2 Å². The van der Waals surface area contributed by atoms with Gasteiger partial charge in [0.2, 0.25) is 11.4 Å². The van der Waals surface area contributed by atoms with Gasteiger partial charge in [0, 0.05) is 5.88 Å². The minimum Gasteiger partial charge on any atom is -0.453 e. The number of carbonyl (C=O) groups is 2. The van der Waals surface area contributed by atoms with Gasteiger partial charge in [-0.1, -0.05) is 12.8 Å². The van der Waals surface area contributed by atoms with Crippen molar-refractivity contribution in [2.45, 2.75) is 56.3 Å². The molecule has 0 aromatic heterocycles. The lowest BCUT2D eigenvalue weighted by molar-refractivity contribution is -0.239. The molecule has 1 amide bonds. The highest BCUT2D eigenvalue weighted by molar-refractivity contribution is 6.18. The number of nitrogens with one attached hydrogen (secondary N) is 1. The molecule has 2 heterocycles. The molecule has 2 N–H and O–H groups in total. The molecule has 0 bridgehead atoms. The number of hydrogen-bond acceptors (Lipinski definition) is 4. The van der Waals surface area contributed by atoms with Crippen molar-refractivity contribution in [3.8, 4) is 0 Å². The Hall–Kier alpha value is -0.810. The summed E-state index contributed by atoms with van der Waals surface area (Å²) < 4.78 is 5.33. The van der Waals surface area contributed by atoms with E-state index in [0.29, 0.717) is 12.3 Å². The second kappa shape index (κ2) is 4.60. The summed E-state index contributed by atoms with van der Waals surface area (Å²) in [5.41, 5.74) is -2.24. The Morgan fingerprint density at radius 3 is 2.65 bits per heavy atom. The number of carbonyl (C=O) groups excluding carboxylic acids is 2. The summed E-state index contributed by atoms with van der Waals surface area (Å²) >= 11 is 5.75. The number of fused-ring (bicyclic) bond motifs is 1. The molecule has 3 rings (SSSR count). The molecule has 0 aromatic carbocycles. The molecule has 4 atom stereocenters. The van der Waals surface area contributed by atoms with E-state index in [1.165, 1.54) is 0 Å². The first kappa shape index (κ1) is 14.1. The lowest BCUT2D eigenvalue weighted by atomic mass is 9.65. The van der Waals surface area contributed by atoms with E-state index in [1.54, 1.807) is 6.92 Å². The van der Waals surface area contributed by atoms with Crippen LogP contribution in [0.25, 0.3) is 0 Å². The Kier molecular flexibility index (Phi) is 3.25. The van der Waals surface area contributed by atoms with Crippen LogP contribution in [0.4, 0.5) is 0 Å². The van der Waals surface area contributed by atoms with Crippen LogP contribution in [0.2, 0.25) is 0 Å². The maximum absolute atomic E-state index is 12.2. The van der Waals surface area contributed by atoms with E-state index in [-0.39, 0.29) is 11.8 Å². The maximum Gasteiger partial charge on any atom is 0.339 e. The molecule has 112 valence electrons. The van der Waals surface area contributed by atoms with Crippen molar-refractivity contribution in [1.29, 1.82) is 0 Å². The van der Waals surface area contributed by atoms with Crippen LogP contribution in [-0.2, 0) is 14.3 Å². The predicted molar refractivity (Wildman–Crippen MR) is 72.2 cm³/mol. The van der Waals surface area contributed by atoms with Gasteiger partial charge in [-0.3, -0.25) is 4.79 Å². The molecular formula is C14H20ClNO4. The summed E-state index contributed by atoms with van der Waals surface area (Å²) in [5.74, 6) is -0.854. The Morgan fingerprint density at radius 1 is 1.45 bits per heavy atom. The second-order valence-corrected chi connectivity index (χ2v) is 6.69. The summed E-state index contributed by atoms with van der Waals surface area (Å²) in [5, 5.41) is 13.5. The van der Waals surface area contributed by atoms with Gasteiger partial charge in [-0.05, 0) is 32.1 Å². The third-order valence-corrected chi connectivity index (χ3v) is 5.62. The van der Waals surface area contributed by atoms with Crippen LogP contribution in [0.5, 0.6) is 0 Å². The van der Waals surface area contributed by atoms with E-state index in [4.69, 9.17) is 16.3 Å². The van der Waals surface area contributed by atoms with Crippen LogP contribution in [-0.4, -0.2) is 40.1 Å². The molecule has 0 radical (unpaired) electrons. The third kappa shape index (κ3) is 1.53. The van der Waals surface area contributed by atoms with Crippen molar-refractivity contribution in [2.24, 2.45) is 11.8 Å². The van der Waals surface area contributed by atoms with E-state index < -0.39 is 29.1 Å². The molecule has 6 heteroatoms. The highest BCUT2D eigenvalue weighted by Gasteiger charge is 2.79. The second-order valence-electron chi connectivity index (χ2n) is 6.31. The smallest absolute Gasteiger partial charge is 0.339 e. The fourth-order valence-electron chi connectivity index (χ4n) is 4.19. The van der Waals surface area contributed by atoms with Crippen LogP contribution >= 0.6 is 11.6 Å². The summed E-state index contributed by atoms with van der Waals surface area (Å²) in [4.78, 5) is 24.3. The van der Waals surface area contributed by atoms with E-state index in [9.17, 15) is 14.7 Å². The molecule has 3 aliphatic rings. The van der Waals surface area contributed by atoms with Crippen LogP contribution in [0, 0.1) is 11.8 Å². The monoisotopic (exact) mass is 301 g/mol. The molecular weight excluding hydrogens is 282 g/mol. The number of aliphatic hydroxyl groups excluding tert-OH is 1. The van der Waals surface area contributed by atoms with E-state index in [0.717, 1.165) is 25.7 Å². The zero-order chi connectivity index (χ0) is 14.5. The van der Waals surface area contributed by atoms with E-state index in [1.807, 2.05) is 0 Å². The van der Waals surface area contributed by atoms with Gasteiger partial charge in [-0.2, -0.15) is 0 Å². The summed E-state index contributed by atoms with van der Waals surface area (Å²) in [6.07, 6.45) is 3.46. The predicted octanol–water partition coefficient (Wildman–Crippen LogP) is 0.967. The van der Waals surface area contributed by atoms with Gasteiger partial charge >= 0.3 is 5.97 Å². The molecule has 1 aliphatic carbocycles. The molecule has 0 unspecified atom stereocenters. The van der Waals surface area contributed by atoms with Crippen LogP contribution in [0.1, 0.15) is 39.0 Å². The molecule has 2 aliphatic heterocycles. The molecule has 0 spiro atoms. The standard InChI is InChI=1S/C14H20ClNO4/c1-13-9(6-7-15)11(18)16-14(13,12(19)20-13)10(17)8-4-2-3-5-8/h8-10,17H,2-7H2,1H3,(H,16,18)/t9-,10-,13-,14-/m0/s1. The first-order chi connectivity index (χ1) is 9.47. The Bertz CT molecular complexity index is 450. The van der Waals surface area contributed by atoms with E-state index in [2.05, 4.69) is 5.32 Å². The van der Waals surface area contributed by atoms with Gasteiger partial charge in [-0.15, -0.1) is 11.6 Å². The molecule has 3 fully saturated rings. The fourth-order valence-corrected chi connectivity index (χ4v) is 4.41. The normalized spacial score (nSPS) is 41.9. The molecule has 20 heavy (non-hydrogen) atoms. The SMILES string of the molecule is C[C@@]12OC(=O)[C@]1([C@@H](O)C1CCCC1)NC(=O)[C@@H]2CCCl. The maximum atomic E-state index is 12.2. The van der Waals surface area contributed by atoms with Gasteiger partial charge in [0.1, 0.15) is 0 Å². The van der Waals surface area contributed by atoms with Crippen molar-refractivity contribution in [3.05, 3.63) is 0 Å². The topological polar surface area (TPSA) is 75.6 Å². The minimum atomic E-state index is -1.27. The highest BCUT2D eigenvalue weighted by Crippen LogP contribution is 2.53. The summed E-state index contributed by atoms with van der Waals surface area (Å²) in [6.45, 7) is 1.74. The fraction of sp³-hybridized carbons (Fsp3) is 0.857. The van der Waals surface area contributed by atoms with Crippen molar-refractivity contribution < 1.29 is 19.4 Å². The summed E-state index contributed by atoms with van der Waals surface area (Å²) in [6, 6.07) is 0. The lowest BCUT2D eigenvalue weighted by Gasteiger charge is -2.54. The largest absolute Gasteiger partial charge is 0.453 e. The van der Waals surface area contributed by atoms with Crippen LogP contribution in [0.15, 0.2) is 0 Å². The Morgan fingerprint density at radius 2 is 2.10 bits per heavy atom. The molecule has 1 saturated carbocycles. The van der Waals surface area contributed by atoms with Crippen molar-refractivity contribution in [2.75, 3.05) is 5.88 Å². The van der Waals surface area contributed by atoms with Crippen LogP contribution < -0.4 is 5.32 Å². The first-order valence-corrected chi connectivity index (χ1v) is 7.80. The summed E-state index contributed by atoms with van der Waals surface area (Å²) in [7, 11) is 0. The van der Waals surface area contributed by atoms with Gasteiger partial charge in [0.15, 0.2) is 5.60 Å². The van der Waals surface area contributed by atoms with Gasteiger partial charge in [0.25, 0.3) is 0 Å². The zero-order valence-corrected chi connectivity index (χ0v) is 12.3. The number of aliphatic hydroxyl groups is 1. The Labute approximate surface area is 123 Å². The number of hydrogen-bond donors (Lipinski definition) is 2. The number of rotatable bonds is 4. The van der Waals surface area contributed by atoms with Crippen LogP contribution in [0.3, 0.4) is 0 Å². The number of alkyl halides is 1. The quantitative estimate of drug-likeness (QED) is 0.599. The number of amides is 1. The number of esters is 1.